The van der Waals surface area contributed by atoms with E-state index >= 15 is 0 Å². The molecule has 0 spiro atoms. The normalized spacial score (nSPS) is 11.2. The van der Waals surface area contributed by atoms with Crippen molar-refractivity contribution < 1.29 is 13.9 Å². The van der Waals surface area contributed by atoms with Crippen LogP contribution in [0.5, 0.6) is 0 Å². The Morgan fingerprint density at radius 2 is 2.24 bits per heavy atom. The fraction of sp³-hybridized carbons (Fsp3) is 0.312. The highest BCUT2D eigenvalue weighted by molar-refractivity contribution is 9.10. The van der Waals surface area contributed by atoms with Crippen molar-refractivity contribution in [1.82, 2.24) is 19.5 Å². The molecule has 3 heterocycles. The summed E-state index contributed by atoms with van der Waals surface area (Å²) in [5.74, 6) is 1.11. The predicted molar refractivity (Wildman–Crippen MR) is 96.3 cm³/mol. The van der Waals surface area contributed by atoms with Gasteiger partial charge in [-0.15, -0.1) is 5.10 Å². The molecule has 3 aromatic rings. The topological polar surface area (TPSA) is 98.9 Å². The van der Waals surface area contributed by atoms with Crippen molar-refractivity contribution in [1.29, 1.82) is 0 Å². The first-order chi connectivity index (χ1) is 12.0. The van der Waals surface area contributed by atoms with Crippen LogP contribution >= 0.6 is 15.9 Å². The van der Waals surface area contributed by atoms with E-state index in [0.717, 1.165) is 0 Å². The molecular weight excluding hydrogens is 390 g/mol. The third-order valence-electron chi connectivity index (χ3n) is 3.74. The predicted octanol–water partition coefficient (Wildman–Crippen LogP) is 2.44. The lowest BCUT2D eigenvalue weighted by molar-refractivity contribution is 0.0706. The Labute approximate surface area is 152 Å². The molecule has 3 aromatic heterocycles. The molecule has 0 bridgehead atoms. The van der Waals surface area contributed by atoms with Crippen molar-refractivity contribution in [2.45, 2.75) is 6.92 Å². The average Bonchev–Trinajstić information content (AvgIpc) is 3.21. The molecule has 0 radical (unpaired) electrons. The Morgan fingerprint density at radius 1 is 1.44 bits per heavy atom. The number of halogens is 1. The van der Waals surface area contributed by atoms with E-state index in [4.69, 9.17) is 14.9 Å². The van der Waals surface area contributed by atoms with Crippen LogP contribution < -0.4 is 5.73 Å². The molecule has 2 N–H and O–H groups in total. The first kappa shape index (κ1) is 17.4. The summed E-state index contributed by atoms with van der Waals surface area (Å²) < 4.78 is 12.6. The van der Waals surface area contributed by atoms with E-state index < -0.39 is 0 Å². The molecule has 1 amide bonds. The van der Waals surface area contributed by atoms with Gasteiger partial charge in [0.2, 0.25) is 5.82 Å². The standard InChI is InChI=1S/C16H18BrN5O3/c1-3-21(6-7-24-2)16(23)10-8-13(18)22-14(9-10)19-15(20-22)11-4-5-12(17)25-11/h4-5,8-9H,3,6-7,18H2,1-2H3. The summed E-state index contributed by atoms with van der Waals surface area (Å²) in [6, 6.07) is 6.78. The highest BCUT2D eigenvalue weighted by atomic mass is 79.9. The number of anilines is 1. The van der Waals surface area contributed by atoms with Crippen molar-refractivity contribution in [2.75, 3.05) is 32.5 Å². The van der Waals surface area contributed by atoms with Crippen LogP contribution in [0, 0.1) is 0 Å². The summed E-state index contributed by atoms with van der Waals surface area (Å²) in [6.07, 6.45) is 0. The first-order valence-corrected chi connectivity index (χ1v) is 8.53. The number of furan rings is 1. The number of likely N-dealkylation sites (N-methyl/N-ethyl adjacent to an activating group) is 1. The van der Waals surface area contributed by atoms with Gasteiger partial charge in [-0.25, -0.2) is 4.98 Å². The van der Waals surface area contributed by atoms with Gasteiger partial charge in [0.25, 0.3) is 5.91 Å². The zero-order chi connectivity index (χ0) is 18.0. The number of rotatable bonds is 6. The molecule has 3 rings (SSSR count). The van der Waals surface area contributed by atoms with E-state index in [1.165, 1.54) is 4.52 Å². The minimum absolute atomic E-state index is 0.126. The zero-order valence-electron chi connectivity index (χ0n) is 13.9. The maximum absolute atomic E-state index is 12.7. The fourth-order valence-electron chi connectivity index (χ4n) is 2.46. The fourth-order valence-corrected chi connectivity index (χ4v) is 2.77. The van der Waals surface area contributed by atoms with Crippen LogP contribution in [-0.2, 0) is 4.74 Å². The van der Waals surface area contributed by atoms with E-state index in [9.17, 15) is 4.79 Å². The number of nitrogens with zero attached hydrogens (tertiary/aromatic N) is 4. The lowest BCUT2D eigenvalue weighted by Crippen LogP contribution is -2.33. The van der Waals surface area contributed by atoms with Gasteiger partial charge in [-0.3, -0.25) is 4.79 Å². The number of fused-ring (bicyclic) bond motifs is 1. The van der Waals surface area contributed by atoms with Gasteiger partial charge in [-0.1, -0.05) is 0 Å². The highest BCUT2D eigenvalue weighted by Gasteiger charge is 2.18. The minimum Gasteiger partial charge on any atom is -0.446 e. The van der Waals surface area contributed by atoms with Crippen LogP contribution in [0.1, 0.15) is 17.3 Å². The summed E-state index contributed by atoms with van der Waals surface area (Å²) in [5, 5.41) is 4.33. The van der Waals surface area contributed by atoms with Gasteiger partial charge in [0.15, 0.2) is 16.1 Å². The molecule has 0 saturated heterocycles. The van der Waals surface area contributed by atoms with E-state index in [-0.39, 0.29) is 5.91 Å². The van der Waals surface area contributed by atoms with Crippen LogP contribution in [-0.4, -0.2) is 52.2 Å². The van der Waals surface area contributed by atoms with Crippen LogP contribution in [0.2, 0.25) is 0 Å². The quantitative estimate of drug-likeness (QED) is 0.673. The summed E-state index contributed by atoms with van der Waals surface area (Å²) in [5.41, 5.74) is 7.00. The zero-order valence-corrected chi connectivity index (χ0v) is 15.5. The number of nitrogens with two attached hydrogens (primary N) is 1. The molecule has 132 valence electrons. The summed E-state index contributed by atoms with van der Waals surface area (Å²) in [4.78, 5) is 18.8. The number of pyridine rings is 1. The Morgan fingerprint density at radius 3 is 2.88 bits per heavy atom. The number of carbonyl (C=O) groups excluding carboxylic acids is 1. The maximum atomic E-state index is 12.7. The third kappa shape index (κ3) is 3.52. The number of amides is 1. The van der Waals surface area contributed by atoms with Gasteiger partial charge >= 0.3 is 0 Å². The van der Waals surface area contributed by atoms with Gasteiger partial charge < -0.3 is 19.8 Å². The smallest absolute Gasteiger partial charge is 0.254 e. The number of ether oxygens (including phenoxy) is 1. The van der Waals surface area contributed by atoms with Crippen molar-refractivity contribution >= 4 is 33.3 Å². The van der Waals surface area contributed by atoms with E-state index in [1.807, 2.05) is 6.92 Å². The Balaban J connectivity index is 1.96. The van der Waals surface area contributed by atoms with E-state index in [2.05, 4.69) is 26.0 Å². The highest BCUT2D eigenvalue weighted by Crippen LogP contribution is 2.24. The van der Waals surface area contributed by atoms with Crippen molar-refractivity contribution in [3.63, 3.8) is 0 Å². The summed E-state index contributed by atoms with van der Waals surface area (Å²) in [6.45, 7) is 3.47. The second kappa shape index (κ2) is 7.24. The molecule has 0 atom stereocenters. The molecular formula is C16H18BrN5O3. The molecule has 0 aliphatic heterocycles. The molecule has 0 fully saturated rings. The van der Waals surface area contributed by atoms with Crippen LogP contribution in [0.3, 0.4) is 0 Å². The monoisotopic (exact) mass is 407 g/mol. The largest absolute Gasteiger partial charge is 0.446 e. The van der Waals surface area contributed by atoms with E-state index in [0.29, 0.717) is 53.0 Å². The van der Waals surface area contributed by atoms with Crippen molar-refractivity contribution in [2.24, 2.45) is 0 Å². The molecule has 9 heteroatoms. The lowest BCUT2D eigenvalue weighted by Gasteiger charge is -2.20. The molecule has 0 aliphatic rings. The van der Waals surface area contributed by atoms with E-state index in [1.54, 1.807) is 36.3 Å². The molecule has 0 aromatic carbocycles. The minimum atomic E-state index is -0.126. The summed E-state index contributed by atoms with van der Waals surface area (Å²) in [7, 11) is 1.60. The number of methoxy groups -OCH3 is 1. The lowest BCUT2D eigenvalue weighted by atomic mass is 10.2. The van der Waals surface area contributed by atoms with Gasteiger partial charge in [0, 0.05) is 25.8 Å². The second-order valence-electron chi connectivity index (χ2n) is 5.36. The van der Waals surface area contributed by atoms with Crippen LogP contribution in [0.25, 0.3) is 17.2 Å². The first-order valence-electron chi connectivity index (χ1n) is 7.73. The van der Waals surface area contributed by atoms with Gasteiger partial charge in [0.1, 0.15) is 5.82 Å². The molecule has 25 heavy (non-hydrogen) atoms. The number of carbonyl (C=O) groups is 1. The molecule has 0 unspecified atom stereocenters. The number of hydrogen-bond acceptors (Lipinski definition) is 6. The summed E-state index contributed by atoms with van der Waals surface area (Å²) >= 11 is 3.25. The van der Waals surface area contributed by atoms with Crippen LogP contribution in [0.4, 0.5) is 5.82 Å². The van der Waals surface area contributed by atoms with Gasteiger partial charge in [-0.05, 0) is 47.1 Å². The van der Waals surface area contributed by atoms with Crippen molar-refractivity contribution in [3.8, 4) is 11.6 Å². The number of hydrogen-bond donors (Lipinski definition) is 1. The van der Waals surface area contributed by atoms with Crippen LogP contribution in [0.15, 0.2) is 33.4 Å². The Kier molecular flexibility index (Phi) is 5.05. The van der Waals surface area contributed by atoms with Gasteiger partial charge in [0.05, 0.1) is 6.61 Å². The Hall–Kier alpha value is -2.39. The maximum Gasteiger partial charge on any atom is 0.254 e. The Bertz CT molecular complexity index is 904. The molecule has 8 nitrogen and oxygen atoms in total. The third-order valence-corrected chi connectivity index (χ3v) is 4.17. The SMILES string of the molecule is CCN(CCOC)C(=O)c1cc(N)n2nc(-c3ccc(Br)o3)nc2c1. The second-order valence-corrected chi connectivity index (χ2v) is 6.14. The number of aromatic nitrogens is 3. The van der Waals surface area contributed by atoms with Gasteiger partial charge in [-0.2, -0.15) is 4.52 Å². The molecule has 0 aliphatic carbocycles. The number of nitrogen functional groups attached to an aromatic ring is 1. The molecule has 0 saturated carbocycles. The van der Waals surface area contributed by atoms with Crippen molar-refractivity contribution in [3.05, 3.63) is 34.5 Å². The average molecular weight is 408 g/mol.